The number of nitrogens with zero attached hydrogens (tertiary/aromatic N) is 4. The van der Waals surface area contributed by atoms with Gasteiger partial charge < -0.3 is 0 Å². The zero-order valence-electron chi connectivity index (χ0n) is 12.5. The van der Waals surface area contributed by atoms with Crippen molar-refractivity contribution in [2.24, 2.45) is 5.92 Å². The van der Waals surface area contributed by atoms with Crippen molar-refractivity contribution in [3.63, 3.8) is 0 Å². The Bertz CT molecular complexity index is 999. The van der Waals surface area contributed by atoms with Crippen molar-refractivity contribution in [3.8, 4) is 6.07 Å². The van der Waals surface area contributed by atoms with Gasteiger partial charge in [-0.15, -0.1) is 0 Å². The van der Waals surface area contributed by atoms with Crippen molar-refractivity contribution in [3.05, 3.63) is 72.5 Å². The van der Waals surface area contributed by atoms with Gasteiger partial charge in [-0.25, -0.2) is 4.39 Å². The molecule has 3 aromatic rings. The maximum Gasteiger partial charge on any atom is 0.182 e. The molecule has 1 aromatic carbocycles. The van der Waals surface area contributed by atoms with Gasteiger partial charge >= 0.3 is 0 Å². The van der Waals surface area contributed by atoms with Crippen LogP contribution in [0, 0.1) is 17.2 Å². The highest BCUT2D eigenvalue weighted by molar-refractivity contribution is 5.82. The smallest absolute Gasteiger partial charge is 0.182 e. The fourth-order valence-electron chi connectivity index (χ4n) is 3.03. The molecule has 1 aliphatic rings. The minimum atomic E-state index is -2.01. The summed E-state index contributed by atoms with van der Waals surface area (Å²) in [4.78, 5) is 8.23. The molecule has 2 aromatic heterocycles. The number of aromatic amines is 1. The Morgan fingerprint density at radius 1 is 1.25 bits per heavy atom. The van der Waals surface area contributed by atoms with Crippen molar-refractivity contribution in [1.29, 1.82) is 5.26 Å². The zero-order valence-corrected chi connectivity index (χ0v) is 12.5. The fourth-order valence-corrected chi connectivity index (χ4v) is 3.03. The van der Waals surface area contributed by atoms with Crippen LogP contribution in [0.4, 0.5) is 4.39 Å². The summed E-state index contributed by atoms with van der Waals surface area (Å²) in [5.41, 5.74) is -0.0637. The van der Waals surface area contributed by atoms with E-state index in [1.165, 1.54) is 18.6 Å². The predicted octanol–water partition coefficient (Wildman–Crippen LogP) is 3.31. The number of halogens is 1. The molecule has 0 bridgehead atoms. The number of alkyl halides is 1. The Hall–Kier alpha value is -3.33. The summed E-state index contributed by atoms with van der Waals surface area (Å²) in [7, 11) is 0. The van der Waals surface area contributed by atoms with Gasteiger partial charge in [0, 0.05) is 23.4 Å². The largest absolute Gasteiger partial charge is 0.278 e. The van der Waals surface area contributed by atoms with Gasteiger partial charge in [0.05, 0.1) is 29.7 Å². The van der Waals surface area contributed by atoms with Crippen LogP contribution in [0.25, 0.3) is 16.5 Å². The van der Waals surface area contributed by atoms with Gasteiger partial charge in [0.1, 0.15) is 5.92 Å². The minimum absolute atomic E-state index is 0.326. The molecule has 116 valence electrons. The number of nitrogens with one attached hydrogen (secondary N) is 1. The molecular weight excluding hydrogens is 305 g/mol. The van der Waals surface area contributed by atoms with E-state index in [1.807, 2.05) is 0 Å². The quantitative estimate of drug-likeness (QED) is 0.786. The molecule has 2 heterocycles. The van der Waals surface area contributed by atoms with Crippen LogP contribution in [-0.2, 0) is 5.67 Å². The number of benzene rings is 1. The molecule has 2 atom stereocenters. The van der Waals surface area contributed by atoms with Crippen molar-refractivity contribution in [1.82, 2.24) is 20.2 Å². The summed E-state index contributed by atoms with van der Waals surface area (Å²) in [6.07, 6.45) is 11.1. The molecule has 1 N–H and O–H groups in total. The van der Waals surface area contributed by atoms with Crippen LogP contribution in [-0.4, -0.2) is 20.2 Å². The van der Waals surface area contributed by atoms with E-state index in [-0.39, 0.29) is 0 Å². The Labute approximate surface area is 137 Å². The molecule has 6 heteroatoms. The third-order valence-electron chi connectivity index (χ3n) is 4.23. The van der Waals surface area contributed by atoms with Gasteiger partial charge in [-0.05, 0) is 17.7 Å². The van der Waals surface area contributed by atoms with Crippen molar-refractivity contribution in [2.45, 2.75) is 5.67 Å². The van der Waals surface area contributed by atoms with Crippen LogP contribution in [0.1, 0.15) is 11.3 Å². The molecule has 24 heavy (non-hydrogen) atoms. The second-order valence-corrected chi connectivity index (χ2v) is 5.55. The molecule has 0 saturated carbocycles. The minimum Gasteiger partial charge on any atom is -0.278 e. The first kappa shape index (κ1) is 14.3. The summed E-state index contributed by atoms with van der Waals surface area (Å²) in [5.74, 6) is -0.955. The van der Waals surface area contributed by atoms with Crippen LogP contribution in [0.2, 0.25) is 0 Å². The number of nitriles is 1. The molecule has 0 aliphatic heterocycles. The van der Waals surface area contributed by atoms with Crippen LogP contribution in [0.5, 0.6) is 0 Å². The molecule has 0 amide bonds. The highest BCUT2D eigenvalue weighted by atomic mass is 19.1. The summed E-state index contributed by atoms with van der Waals surface area (Å²) < 4.78 is 16.3. The number of hydrogen-bond donors (Lipinski definition) is 1. The number of hydrogen-bond acceptors (Lipinski definition) is 4. The fraction of sp³-hybridized carbons (Fsp3) is 0.111. The monoisotopic (exact) mass is 317 g/mol. The van der Waals surface area contributed by atoms with E-state index in [9.17, 15) is 5.26 Å². The highest BCUT2D eigenvalue weighted by Gasteiger charge is 2.46. The lowest BCUT2D eigenvalue weighted by Crippen LogP contribution is -2.32. The molecule has 2 unspecified atom stereocenters. The number of H-pyrrole nitrogens is 1. The van der Waals surface area contributed by atoms with Crippen molar-refractivity contribution < 1.29 is 4.39 Å². The third-order valence-corrected chi connectivity index (χ3v) is 4.23. The van der Waals surface area contributed by atoms with E-state index in [0.29, 0.717) is 16.8 Å². The highest BCUT2D eigenvalue weighted by Crippen LogP contribution is 2.48. The van der Waals surface area contributed by atoms with Gasteiger partial charge in [-0.3, -0.25) is 15.1 Å². The Morgan fingerprint density at radius 2 is 2.17 bits per heavy atom. The predicted molar refractivity (Wildman–Crippen MR) is 87.1 cm³/mol. The molecule has 0 radical (unpaired) electrons. The number of fused-ring (bicyclic) bond motifs is 1. The summed E-state index contributed by atoms with van der Waals surface area (Å²) >= 11 is 0. The Morgan fingerprint density at radius 3 is 2.96 bits per heavy atom. The second-order valence-electron chi connectivity index (χ2n) is 5.55. The van der Waals surface area contributed by atoms with E-state index < -0.39 is 11.6 Å². The van der Waals surface area contributed by atoms with Crippen LogP contribution < -0.4 is 0 Å². The molecule has 1 aliphatic carbocycles. The average molecular weight is 317 g/mol. The molecule has 0 saturated heterocycles. The van der Waals surface area contributed by atoms with Gasteiger partial charge in [-0.1, -0.05) is 24.3 Å². The molecule has 0 spiro atoms. The summed E-state index contributed by atoms with van der Waals surface area (Å²) in [6.45, 7) is 0. The SMILES string of the molecule is N#CC1C=CC=C(c2cnccn2)C1(F)c1ccc2[nH]ncc2c1. The average Bonchev–Trinajstić information content (AvgIpc) is 3.10. The molecule has 0 fully saturated rings. The number of allylic oxidation sites excluding steroid dienone is 4. The first-order valence-corrected chi connectivity index (χ1v) is 7.41. The van der Waals surface area contributed by atoms with Gasteiger partial charge in [0.15, 0.2) is 5.67 Å². The van der Waals surface area contributed by atoms with E-state index in [2.05, 4.69) is 26.2 Å². The lowest BCUT2D eigenvalue weighted by atomic mass is 9.74. The summed E-state index contributed by atoms with van der Waals surface area (Å²) in [5, 5.41) is 17.1. The first-order valence-electron chi connectivity index (χ1n) is 7.41. The topological polar surface area (TPSA) is 78.2 Å². The summed E-state index contributed by atoms with van der Waals surface area (Å²) in [6, 6.07) is 7.21. The Kier molecular flexibility index (Phi) is 3.21. The maximum absolute atomic E-state index is 16.3. The standard InChI is InChI=1S/C18H12FN5/c19-18(13-4-5-16-12(8-13)10-23-24-16)14(9-20)2-1-3-15(18)17-11-21-6-7-22-17/h1-8,10-11,14H,(H,23,24). The normalized spacial score (nSPS) is 23.0. The van der Waals surface area contributed by atoms with E-state index in [1.54, 1.807) is 42.6 Å². The van der Waals surface area contributed by atoms with E-state index in [4.69, 9.17) is 0 Å². The van der Waals surface area contributed by atoms with Gasteiger partial charge in [0.2, 0.25) is 0 Å². The molecular formula is C18H12FN5. The first-order chi connectivity index (χ1) is 11.7. The van der Waals surface area contributed by atoms with Crippen LogP contribution in [0.3, 0.4) is 0 Å². The van der Waals surface area contributed by atoms with Crippen molar-refractivity contribution >= 4 is 16.5 Å². The number of rotatable bonds is 2. The molecule has 4 rings (SSSR count). The lowest BCUT2D eigenvalue weighted by Gasteiger charge is -2.33. The lowest BCUT2D eigenvalue weighted by molar-refractivity contribution is 0.209. The maximum atomic E-state index is 16.3. The molecule has 5 nitrogen and oxygen atoms in total. The second kappa shape index (κ2) is 5.39. The van der Waals surface area contributed by atoms with E-state index in [0.717, 1.165) is 10.9 Å². The van der Waals surface area contributed by atoms with E-state index >= 15 is 4.39 Å². The van der Waals surface area contributed by atoms with Crippen LogP contribution in [0.15, 0.2) is 61.2 Å². The Balaban J connectivity index is 1.94. The number of aromatic nitrogens is 4. The zero-order chi connectivity index (χ0) is 16.6. The third kappa shape index (κ3) is 2.02. The van der Waals surface area contributed by atoms with Crippen LogP contribution >= 0.6 is 0 Å². The van der Waals surface area contributed by atoms with Gasteiger partial charge in [0.25, 0.3) is 0 Å². The van der Waals surface area contributed by atoms with Crippen molar-refractivity contribution in [2.75, 3.05) is 0 Å². The van der Waals surface area contributed by atoms with Gasteiger partial charge in [-0.2, -0.15) is 10.4 Å².